The Morgan fingerprint density at radius 2 is 2.11 bits per heavy atom. The number of fused-ring (bicyclic) bond motifs is 1. The van der Waals surface area contributed by atoms with Crippen molar-refractivity contribution in [1.29, 1.82) is 0 Å². The summed E-state index contributed by atoms with van der Waals surface area (Å²) in [5, 5.41) is 2.09. The zero-order chi connectivity index (χ0) is 12.5. The second kappa shape index (κ2) is 4.74. The number of halogens is 1. The number of aryl methyl sites for hydroxylation is 1. The number of imidazole rings is 1. The highest BCUT2D eigenvalue weighted by Gasteiger charge is 2.13. The van der Waals surface area contributed by atoms with Crippen LogP contribution in [0.15, 0.2) is 40.3 Å². The van der Waals surface area contributed by atoms with Crippen LogP contribution < -0.4 is 4.74 Å². The van der Waals surface area contributed by atoms with Gasteiger partial charge < -0.3 is 4.74 Å². The topological polar surface area (TPSA) is 26.5 Å². The van der Waals surface area contributed by atoms with Crippen molar-refractivity contribution >= 4 is 32.2 Å². The van der Waals surface area contributed by atoms with Crippen LogP contribution in [0, 0.1) is 6.92 Å². The number of aromatic nitrogens is 2. The van der Waals surface area contributed by atoms with Crippen LogP contribution in [0.25, 0.3) is 4.96 Å². The predicted molar refractivity (Wildman–Crippen MR) is 76.3 cm³/mol. The lowest BCUT2D eigenvalue weighted by Crippen LogP contribution is -1.96. The Balaban J connectivity index is 1.85. The van der Waals surface area contributed by atoms with Gasteiger partial charge in [-0.1, -0.05) is 18.2 Å². The van der Waals surface area contributed by atoms with Crippen molar-refractivity contribution in [1.82, 2.24) is 9.38 Å². The average molecular weight is 323 g/mol. The van der Waals surface area contributed by atoms with E-state index in [9.17, 15) is 0 Å². The maximum atomic E-state index is 5.71. The van der Waals surface area contributed by atoms with Crippen molar-refractivity contribution in [3.8, 4) is 5.75 Å². The van der Waals surface area contributed by atoms with Gasteiger partial charge in [0.2, 0.25) is 0 Å². The largest absolute Gasteiger partial charge is 0.487 e. The molecule has 0 N–H and O–H groups in total. The summed E-state index contributed by atoms with van der Waals surface area (Å²) in [7, 11) is 0. The number of thiazole rings is 1. The first-order chi connectivity index (χ1) is 8.75. The molecule has 0 aliphatic carbocycles. The van der Waals surface area contributed by atoms with Gasteiger partial charge in [-0.05, 0) is 35.0 Å². The first kappa shape index (κ1) is 11.7. The lowest BCUT2D eigenvalue weighted by molar-refractivity contribution is 0.301. The third-order valence-corrected chi connectivity index (χ3v) is 4.42. The fraction of sp³-hybridized carbons (Fsp3) is 0.154. The minimum atomic E-state index is 0.471. The molecular formula is C13H11BrN2OS. The Morgan fingerprint density at radius 1 is 1.33 bits per heavy atom. The summed E-state index contributed by atoms with van der Waals surface area (Å²) < 4.78 is 8.78. The predicted octanol–water partition coefficient (Wildman–Crippen LogP) is 4.05. The van der Waals surface area contributed by atoms with E-state index < -0.39 is 0 Å². The van der Waals surface area contributed by atoms with Gasteiger partial charge in [-0.3, -0.25) is 4.40 Å². The van der Waals surface area contributed by atoms with Gasteiger partial charge in [0.15, 0.2) is 4.96 Å². The van der Waals surface area contributed by atoms with Crippen molar-refractivity contribution in [3.05, 3.63) is 51.7 Å². The van der Waals surface area contributed by atoms with Crippen molar-refractivity contribution in [2.24, 2.45) is 0 Å². The van der Waals surface area contributed by atoms with E-state index in [1.54, 1.807) is 11.3 Å². The molecule has 0 fully saturated rings. The van der Waals surface area contributed by atoms with Crippen LogP contribution in [0.1, 0.15) is 11.4 Å². The Kier molecular flexibility index (Phi) is 3.09. The van der Waals surface area contributed by atoms with E-state index in [0.717, 1.165) is 21.0 Å². The minimum Gasteiger partial charge on any atom is -0.487 e. The lowest BCUT2D eigenvalue weighted by atomic mass is 10.3. The molecule has 0 bridgehead atoms. The highest BCUT2D eigenvalue weighted by Crippen LogP contribution is 2.26. The number of hydrogen-bond donors (Lipinski definition) is 0. The molecule has 5 heteroatoms. The molecule has 0 unspecified atom stereocenters. The Labute approximate surface area is 117 Å². The van der Waals surface area contributed by atoms with Gasteiger partial charge in [0.25, 0.3) is 0 Å². The first-order valence-corrected chi connectivity index (χ1v) is 7.22. The van der Waals surface area contributed by atoms with Gasteiger partial charge in [-0.15, -0.1) is 11.3 Å². The Morgan fingerprint density at radius 3 is 2.83 bits per heavy atom. The third-order valence-electron chi connectivity index (χ3n) is 2.66. The number of rotatable bonds is 3. The van der Waals surface area contributed by atoms with Crippen LogP contribution in [-0.2, 0) is 6.61 Å². The first-order valence-electron chi connectivity index (χ1n) is 5.54. The maximum absolute atomic E-state index is 5.71. The standard InChI is InChI=1S/C13H11BrN2OS/c1-9-8-18-13-15-11(12(14)16(9)13)7-17-10-5-3-2-4-6-10/h2-6,8H,7H2,1H3. The molecule has 0 spiro atoms. The van der Waals surface area contributed by atoms with Gasteiger partial charge in [-0.2, -0.15) is 0 Å². The quantitative estimate of drug-likeness (QED) is 0.727. The van der Waals surface area contributed by atoms with Gasteiger partial charge in [0, 0.05) is 11.1 Å². The van der Waals surface area contributed by atoms with Crippen LogP contribution in [0.4, 0.5) is 0 Å². The highest BCUT2D eigenvalue weighted by molar-refractivity contribution is 9.10. The van der Waals surface area contributed by atoms with Crippen LogP contribution in [0.5, 0.6) is 5.75 Å². The fourth-order valence-electron chi connectivity index (χ4n) is 1.76. The summed E-state index contributed by atoms with van der Waals surface area (Å²) in [6.45, 7) is 2.54. The summed E-state index contributed by atoms with van der Waals surface area (Å²) >= 11 is 5.22. The van der Waals surface area contributed by atoms with Crippen molar-refractivity contribution in [2.75, 3.05) is 0 Å². The van der Waals surface area contributed by atoms with Gasteiger partial charge in [0.05, 0.1) is 0 Å². The van der Waals surface area contributed by atoms with E-state index in [-0.39, 0.29) is 0 Å². The summed E-state index contributed by atoms with van der Waals surface area (Å²) in [5.41, 5.74) is 2.11. The molecule has 3 nitrogen and oxygen atoms in total. The number of hydrogen-bond acceptors (Lipinski definition) is 3. The Bertz CT molecular complexity index is 675. The normalized spacial score (nSPS) is 11.0. The zero-order valence-corrected chi connectivity index (χ0v) is 12.2. The lowest BCUT2D eigenvalue weighted by Gasteiger charge is -2.03. The average Bonchev–Trinajstić information content (AvgIpc) is 2.90. The minimum absolute atomic E-state index is 0.471. The third kappa shape index (κ3) is 2.04. The molecule has 1 aromatic carbocycles. The van der Waals surface area contributed by atoms with Crippen LogP contribution >= 0.6 is 27.3 Å². The molecule has 0 amide bonds. The molecule has 0 saturated heterocycles. The molecule has 0 aliphatic heterocycles. The summed E-state index contributed by atoms with van der Waals surface area (Å²) in [4.78, 5) is 5.55. The van der Waals surface area contributed by atoms with E-state index in [1.165, 1.54) is 5.69 Å². The SMILES string of the molecule is Cc1csc2nc(COc3ccccc3)c(Br)n12. The second-order valence-corrected chi connectivity index (χ2v) is 5.53. The summed E-state index contributed by atoms with van der Waals surface area (Å²) in [6, 6.07) is 9.77. The van der Waals surface area contributed by atoms with Gasteiger partial charge in [-0.25, -0.2) is 4.98 Å². The molecule has 3 rings (SSSR count). The van der Waals surface area contributed by atoms with E-state index in [1.807, 2.05) is 30.3 Å². The number of ether oxygens (including phenoxy) is 1. The highest BCUT2D eigenvalue weighted by atomic mass is 79.9. The molecule has 0 radical (unpaired) electrons. The maximum Gasteiger partial charge on any atom is 0.195 e. The smallest absolute Gasteiger partial charge is 0.195 e. The summed E-state index contributed by atoms with van der Waals surface area (Å²) in [5.74, 6) is 0.859. The number of nitrogens with zero attached hydrogens (tertiary/aromatic N) is 2. The van der Waals surface area contributed by atoms with E-state index in [2.05, 4.69) is 37.6 Å². The molecule has 18 heavy (non-hydrogen) atoms. The van der Waals surface area contributed by atoms with Gasteiger partial charge >= 0.3 is 0 Å². The van der Waals surface area contributed by atoms with E-state index in [4.69, 9.17) is 4.74 Å². The number of para-hydroxylation sites is 1. The summed E-state index contributed by atoms with van der Waals surface area (Å²) in [6.07, 6.45) is 0. The molecule has 0 atom stereocenters. The molecular weight excluding hydrogens is 312 g/mol. The van der Waals surface area contributed by atoms with E-state index in [0.29, 0.717) is 6.61 Å². The molecule has 2 heterocycles. The van der Waals surface area contributed by atoms with Gasteiger partial charge in [0.1, 0.15) is 22.7 Å². The van der Waals surface area contributed by atoms with Crippen molar-refractivity contribution < 1.29 is 4.74 Å². The van der Waals surface area contributed by atoms with Crippen LogP contribution in [-0.4, -0.2) is 9.38 Å². The van der Waals surface area contributed by atoms with Crippen molar-refractivity contribution in [3.63, 3.8) is 0 Å². The zero-order valence-electron chi connectivity index (χ0n) is 9.76. The molecule has 0 saturated carbocycles. The monoisotopic (exact) mass is 322 g/mol. The molecule has 0 aliphatic rings. The fourth-order valence-corrected chi connectivity index (χ4v) is 3.41. The Hall–Kier alpha value is -1.33. The van der Waals surface area contributed by atoms with Crippen molar-refractivity contribution in [2.45, 2.75) is 13.5 Å². The second-order valence-electron chi connectivity index (χ2n) is 3.95. The van der Waals surface area contributed by atoms with Crippen LogP contribution in [0.3, 0.4) is 0 Å². The molecule has 92 valence electrons. The van der Waals surface area contributed by atoms with E-state index >= 15 is 0 Å². The number of benzene rings is 1. The molecule has 3 aromatic rings. The van der Waals surface area contributed by atoms with Crippen LogP contribution in [0.2, 0.25) is 0 Å². The molecule has 2 aromatic heterocycles.